The lowest BCUT2D eigenvalue weighted by Crippen LogP contribution is -2.59. The Morgan fingerprint density at radius 3 is 2.61 bits per heavy atom. The second kappa shape index (κ2) is 5.89. The van der Waals surface area contributed by atoms with Gasteiger partial charge in [0.25, 0.3) is 0 Å². The Morgan fingerprint density at radius 2 is 2.06 bits per heavy atom. The van der Waals surface area contributed by atoms with Gasteiger partial charge in [-0.3, -0.25) is 4.90 Å². The highest BCUT2D eigenvalue weighted by atomic mass is 15.3. The number of hydrogen-bond donors (Lipinski definition) is 1. The Balaban J connectivity index is 2.19. The van der Waals surface area contributed by atoms with Crippen LogP contribution < -0.4 is 5.73 Å². The van der Waals surface area contributed by atoms with Gasteiger partial charge in [0.2, 0.25) is 0 Å². The van der Waals surface area contributed by atoms with Gasteiger partial charge in [-0.05, 0) is 46.2 Å². The fraction of sp³-hybridized carbons (Fsp3) is 1.00. The highest BCUT2D eigenvalue weighted by Crippen LogP contribution is 2.35. The predicted octanol–water partition coefficient (Wildman–Crippen LogP) is 2.06. The molecule has 0 saturated carbocycles. The Bertz CT molecular complexity index is 256. The molecule has 0 spiro atoms. The summed E-state index contributed by atoms with van der Waals surface area (Å²) < 4.78 is 0. The van der Waals surface area contributed by atoms with Crippen LogP contribution >= 0.6 is 0 Å². The number of hydrogen-bond acceptors (Lipinski definition) is 3. The second-order valence-electron chi connectivity index (χ2n) is 6.50. The van der Waals surface area contributed by atoms with Gasteiger partial charge in [0.15, 0.2) is 0 Å². The maximum absolute atomic E-state index is 6.22. The zero-order chi connectivity index (χ0) is 13.2. The number of likely N-dealkylation sites (N-methyl/N-ethyl adjacent to an activating group) is 1. The lowest BCUT2D eigenvalue weighted by Gasteiger charge is -2.44. The van der Waals surface area contributed by atoms with Gasteiger partial charge in [-0.25, -0.2) is 0 Å². The summed E-state index contributed by atoms with van der Waals surface area (Å²) in [5, 5.41) is 0. The van der Waals surface area contributed by atoms with E-state index in [4.69, 9.17) is 5.73 Å². The summed E-state index contributed by atoms with van der Waals surface area (Å²) in [4.78, 5) is 5.28. The summed E-state index contributed by atoms with van der Waals surface area (Å²) in [7, 11) is 2.25. The lowest BCUT2D eigenvalue weighted by molar-refractivity contribution is 0.0547. The molecule has 2 saturated heterocycles. The maximum Gasteiger partial charge on any atom is 0.0476 e. The third kappa shape index (κ3) is 2.59. The van der Waals surface area contributed by atoms with E-state index in [1.165, 1.54) is 45.1 Å². The monoisotopic (exact) mass is 253 g/mol. The zero-order valence-corrected chi connectivity index (χ0v) is 12.5. The number of likely N-dealkylation sites (tertiary alicyclic amines) is 2. The van der Waals surface area contributed by atoms with Crippen molar-refractivity contribution in [3.8, 4) is 0 Å². The molecule has 0 bridgehead atoms. The van der Waals surface area contributed by atoms with Crippen LogP contribution in [0.25, 0.3) is 0 Å². The molecule has 0 aromatic carbocycles. The third-order valence-corrected chi connectivity index (χ3v) is 5.31. The molecule has 0 aromatic heterocycles. The van der Waals surface area contributed by atoms with Crippen LogP contribution in [0.1, 0.15) is 52.4 Å². The normalized spacial score (nSPS) is 40.0. The van der Waals surface area contributed by atoms with Gasteiger partial charge in [-0.1, -0.05) is 19.8 Å². The van der Waals surface area contributed by atoms with Crippen LogP contribution in [0.3, 0.4) is 0 Å². The first kappa shape index (κ1) is 14.3. The summed E-state index contributed by atoms with van der Waals surface area (Å²) in [5.41, 5.74) is 6.47. The van der Waals surface area contributed by atoms with Gasteiger partial charge in [0, 0.05) is 30.7 Å². The average molecular weight is 253 g/mol. The van der Waals surface area contributed by atoms with E-state index in [1.54, 1.807) is 0 Å². The van der Waals surface area contributed by atoms with Crippen LogP contribution in [0.5, 0.6) is 0 Å². The molecule has 0 aliphatic carbocycles. The van der Waals surface area contributed by atoms with Gasteiger partial charge in [0.1, 0.15) is 0 Å². The number of rotatable bonds is 3. The Kier molecular flexibility index (Phi) is 4.68. The predicted molar refractivity (Wildman–Crippen MR) is 77.7 cm³/mol. The molecule has 0 amide bonds. The summed E-state index contributed by atoms with van der Waals surface area (Å²) in [5.74, 6) is 0. The summed E-state index contributed by atoms with van der Waals surface area (Å²) >= 11 is 0. The molecule has 3 nitrogen and oxygen atoms in total. The largest absolute Gasteiger partial charge is 0.329 e. The first-order chi connectivity index (χ1) is 8.63. The molecular weight excluding hydrogens is 222 g/mol. The average Bonchev–Trinajstić information content (AvgIpc) is 2.58. The summed E-state index contributed by atoms with van der Waals surface area (Å²) in [6, 6.07) is 1.43. The molecule has 2 fully saturated rings. The van der Waals surface area contributed by atoms with Crippen molar-refractivity contribution in [2.75, 3.05) is 26.7 Å². The van der Waals surface area contributed by atoms with Crippen molar-refractivity contribution >= 4 is 0 Å². The smallest absolute Gasteiger partial charge is 0.0476 e. The minimum absolute atomic E-state index is 0.249. The van der Waals surface area contributed by atoms with E-state index in [0.29, 0.717) is 6.04 Å². The summed E-state index contributed by atoms with van der Waals surface area (Å²) in [6.07, 6.45) is 8.06. The molecule has 3 atom stereocenters. The number of nitrogens with zero attached hydrogens (tertiary/aromatic N) is 2. The van der Waals surface area contributed by atoms with Gasteiger partial charge >= 0.3 is 0 Å². The quantitative estimate of drug-likeness (QED) is 0.835. The van der Waals surface area contributed by atoms with Crippen molar-refractivity contribution in [2.24, 2.45) is 5.73 Å². The van der Waals surface area contributed by atoms with E-state index in [1.807, 2.05) is 0 Å². The minimum atomic E-state index is 0.249. The van der Waals surface area contributed by atoms with Gasteiger partial charge in [0.05, 0.1) is 0 Å². The Hall–Kier alpha value is -0.120. The molecule has 2 aliphatic rings. The van der Waals surface area contributed by atoms with E-state index >= 15 is 0 Å². The lowest BCUT2D eigenvalue weighted by atomic mass is 9.91. The fourth-order valence-electron chi connectivity index (χ4n) is 4.09. The Morgan fingerprint density at radius 1 is 1.28 bits per heavy atom. The molecule has 2 rings (SSSR count). The molecule has 2 aliphatic heterocycles. The van der Waals surface area contributed by atoms with E-state index in [-0.39, 0.29) is 5.54 Å². The van der Waals surface area contributed by atoms with Crippen molar-refractivity contribution in [1.29, 1.82) is 0 Å². The van der Waals surface area contributed by atoms with Crippen LogP contribution in [-0.2, 0) is 0 Å². The van der Waals surface area contributed by atoms with Crippen LogP contribution in [0, 0.1) is 0 Å². The first-order valence-electron chi connectivity index (χ1n) is 7.80. The summed E-state index contributed by atoms with van der Waals surface area (Å²) in [6.45, 7) is 7.92. The molecule has 3 heteroatoms. The Labute approximate surface area is 113 Å². The molecule has 2 heterocycles. The molecule has 0 radical (unpaired) electrons. The van der Waals surface area contributed by atoms with E-state index in [2.05, 4.69) is 30.7 Å². The van der Waals surface area contributed by atoms with Gasteiger partial charge in [-0.2, -0.15) is 0 Å². The highest BCUT2D eigenvalue weighted by molar-refractivity contribution is 5.04. The van der Waals surface area contributed by atoms with Crippen molar-refractivity contribution in [3.05, 3.63) is 0 Å². The second-order valence-corrected chi connectivity index (χ2v) is 6.50. The standard InChI is InChI=1S/C15H31N3/c1-4-14-8-6-5-7-9-18(14)15(11-16)10-13(2)17(3)12-15/h13-14H,4-12,16H2,1-3H3. The first-order valence-corrected chi connectivity index (χ1v) is 7.80. The van der Waals surface area contributed by atoms with Gasteiger partial charge < -0.3 is 10.6 Å². The van der Waals surface area contributed by atoms with Crippen LogP contribution in [-0.4, -0.2) is 54.1 Å². The molecule has 106 valence electrons. The van der Waals surface area contributed by atoms with Crippen molar-refractivity contribution < 1.29 is 0 Å². The fourth-order valence-corrected chi connectivity index (χ4v) is 4.09. The van der Waals surface area contributed by atoms with Crippen LogP contribution in [0.15, 0.2) is 0 Å². The van der Waals surface area contributed by atoms with E-state index < -0.39 is 0 Å². The maximum atomic E-state index is 6.22. The molecule has 0 aromatic rings. The molecule has 18 heavy (non-hydrogen) atoms. The minimum Gasteiger partial charge on any atom is -0.329 e. The molecule has 2 N–H and O–H groups in total. The number of nitrogens with two attached hydrogens (primary N) is 1. The topological polar surface area (TPSA) is 32.5 Å². The van der Waals surface area contributed by atoms with Crippen molar-refractivity contribution in [1.82, 2.24) is 9.80 Å². The van der Waals surface area contributed by atoms with E-state index in [9.17, 15) is 0 Å². The SMILES string of the molecule is CCC1CCCCCN1C1(CN)CC(C)N(C)C1. The van der Waals surface area contributed by atoms with Crippen LogP contribution in [0.4, 0.5) is 0 Å². The van der Waals surface area contributed by atoms with E-state index in [0.717, 1.165) is 19.1 Å². The molecule has 3 unspecified atom stereocenters. The van der Waals surface area contributed by atoms with Crippen molar-refractivity contribution in [2.45, 2.75) is 70.0 Å². The highest BCUT2D eigenvalue weighted by Gasteiger charge is 2.46. The zero-order valence-electron chi connectivity index (χ0n) is 12.5. The van der Waals surface area contributed by atoms with Crippen molar-refractivity contribution in [3.63, 3.8) is 0 Å². The molecular formula is C15H31N3. The van der Waals surface area contributed by atoms with Crippen LogP contribution in [0.2, 0.25) is 0 Å². The third-order valence-electron chi connectivity index (χ3n) is 5.31. The van der Waals surface area contributed by atoms with Gasteiger partial charge in [-0.15, -0.1) is 0 Å².